The highest BCUT2D eigenvalue weighted by Crippen LogP contribution is 2.23. The van der Waals surface area contributed by atoms with E-state index in [-0.39, 0.29) is 6.61 Å². The lowest BCUT2D eigenvalue weighted by Gasteiger charge is -2.31. The van der Waals surface area contributed by atoms with E-state index in [0.717, 1.165) is 10.4 Å². The molecule has 0 aliphatic rings. The van der Waals surface area contributed by atoms with E-state index in [0.29, 0.717) is 61.7 Å². The van der Waals surface area contributed by atoms with Crippen molar-refractivity contribution in [1.29, 1.82) is 0 Å². The highest BCUT2D eigenvalue weighted by Gasteiger charge is 2.34. The first-order valence-corrected chi connectivity index (χ1v) is 15.6. The molecule has 13 heteroatoms. The van der Waals surface area contributed by atoms with Crippen LogP contribution in [0.15, 0.2) is 59.4 Å². The zero-order chi connectivity index (χ0) is 30.2. The van der Waals surface area contributed by atoms with Crippen molar-refractivity contribution >= 4 is 52.1 Å². The number of aromatic nitrogens is 1. The topological polar surface area (TPSA) is 150 Å². The van der Waals surface area contributed by atoms with E-state index >= 15 is 0 Å². The Morgan fingerprint density at radius 1 is 1.05 bits per heavy atom. The monoisotopic (exact) mass is 615 g/mol. The van der Waals surface area contributed by atoms with Crippen LogP contribution in [0.25, 0.3) is 0 Å². The number of anilines is 1. The molecule has 0 spiro atoms. The number of alkyl carbamates (subject to hydrolysis) is 1. The average molecular weight is 616 g/mol. The normalized spacial score (nSPS) is 12.9. The van der Waals surface area contributed by atoms with Gasteiger partial charge in [-0.1, -0.05) is 49.7 Å². The molecule has 0 bridgehead atoms. The van der Waals surface area contributed by atoms with E-state index in [1.807, 2.05) is 54.8 Å². The van der Waals surface area contributed by atoms with Gasteiger partial charge in [0.05, 0.1) is 12.0 Å². The molecule has 3 atom stereocenters. The first kappa shape index (κ1) is 32.7. The second-order valence-corrected chi connectivity index (χ2v) is 11.5. The summed E-state index contributed by atoms with van der Waals surface area (Å²) in [5.41, 5.74) is 0.883. The van der Waals surface area contributed by atoms with Gasteiger partial charge >= 0.3 is 6.09 Å². The Labute approximate surface area is 253 Å². The first-order chi connectivity index (χ1) is 20.4. The number of benzene rings is 1. The van der Waals surface area contributed by atoms with Crippen molar-refractivity contribution in [3.05, 3.63) is 69.9 Å². The van der Waals surface area contributed by atoms with Crippen molar-refractivity contribution in [2.24, 2.45) is 5.92 Å². The zero-order valence-electron chi connectivity index (χ0n) is 23.4. The lowest BCUT2D eigenvalue weighted by Crippen LogP contribution is -2.51. The minimum Gasteiger partial charge on any atom is -0.445 e. The minimum absolute atomic E-state index is 0.165. The Hall–Kier alpha value is -3.81. The van der Waals surface area contributed by atoms with Gasteiger partial charge in [0.1, 0.15) is 12.6 Å². The summed E-state index contributed by atoms with van der Waals surface area (Å²) in [7, 11) is 0. The number of hydrogen-bond donors (Lipinski definition) is 4. The van der Waals surface area contributed by atoms with Crippen LogP contribution < -0.4 is 16.0 Å². The Morgan fingerprint density at radius 3 is 2.52 bits per heavy atom. The third kappa shape index (κ3) is 10.9. The highest BCUT2D eigenvalue weighted by atomic mass is 32.1. The van der Waals surface area contributed by atoms with Gasteiger partial charge in [-0.15, -0.1) is 22.7 Å². The number of rotatable bonds is 18. The molecule has 3 aromatic rings. The fourth-order valence-electron chi connectivity index (χ4n) is 4.40. The number of carbonyl (C=O) groups is 4. The van der Waals surface area contributed by atoms with Crippen LogP contribution in [-0.4, -0.2) is 58.2 Å². The molecule has 3 rings (SSSR count). The van der Waals surface area contributed by atoms with E-state index in [1.54, 1.807) is 11.6 Å². The summed E-state index contributed by atoms with van der Waals surface area (Å²) in [6, 6.07) is 11.5. The molecule has 0 aliphatic heterocycles. The smallest absolute Gasteiger partial charge is 0.407 e. The number of hydrogen-bond acceptors (Lipinski definition) is 9. The molecular weight excluding hydrogens is 578 g/mol. The molecule has 0 unspecified atom stereocenters. The summed E-state index contributed by atoms with van der Waals surface area (Å²) in [6.07, 6.45) is 4.04. The van der Waals surface area contributed by atoms with Gasteiger partial charge in [-0.2, -0.15) is 0 Å². The fourth-order valence-corrected chi connectivity index (χ4v) is 5.70. The maximum absolute atomic E-state index is 13.7. The van der Waals surface area contributed by atoms with E-state index in [2.05, 4.69) is 20.9 Å². The van der Waals surface area contributed by atoms with E-state index < -0.39 is 35.9 Å². The number of carbonyl (C=O) groups excluding carboxylic acids is 4. The Balaban J connectivity index is 1.61. The first-order valence-electron chi connectivity index (χ1n) is 13.8. The van der Waals surface area contributed by atoms with Crippen LogP contribution >= 0.6 is 22.7 Å². The molecule has 11 nitrogen and oxygen atoms in total. The maximum Gasteiger partial charge on any atom is 0.407 e. The second-order valence-electron chi connectivity index (χ2n) is 9.60. The SMILES string of the molecule is CCC[C@@H]([C@@H](Cc1cccs1)C(=O)N[C@@H](CCCCNC(=O)OCc1ccccc1)C(=O)Nc1nccs1)N(O)C=O. The average Bonchev–Trinajstić information content (AvgIpc) is 3.72. The summed E-state index contributed by atoms with van der Waals surface area (Å²) in [6.45, 7) is 2.40. The Morgan fingerprint density at radius 2 is 1.86 bits per heavy atom. The number of unbranched alkanes of at least 4 members (excludes halogenated alkanes) is 1. The predicted octanol–water partition coefficient (Wildman–Crippen LogP) is 4.60. The van der Waals surface area contributed by atoms with Crippen molar-refractivity contribution in [3.63, 3.8) is 0 Å². The number of nitrogens with one attached hydrogen (secondary N) is 3. The van der Waals surface area contributed by atoms with Gasteiger partial charge in [-0.25, -0.2) is 14.8 Å². The zero-order valence-corrected chi connectivity index (χ0v) is 25.1. The number of nitrogens with zero attached hydrogens (tertiary/aromatic N) is 2. The molecule has 0 radical (unpaired) electrons. The molecule has 1 aromatic carbocycles. The second kappa shape index (κ2) is 17.9. The lowest BCUT2D eigenvalue weighted by atomic mass is 9.90. The van der Waals surface area contributed by atoms with Crippen molar-refractivity contribution in [2.75, 3.05) is 11.9 Å². The molecule has 2 heterocycles. The van der Waals surface area contributed by atoms with Gasteiger partial charge < -0.3 is 20.7 Å². The van der Waals surface area contributed by atoms with Crippen LogP contribution in [0.1, 0.15) is 49.5 Å². The van der Waals surface area contributed by atoms with Crippen molar-refractivity contribution < 1.29 is 29.1 Å². The van der Waals surface area contributed by atoms with Crippen LogP contribution in [-0.2, 0) is 32.1 Å². The summed E-state index contributed by atoms with van der Waals surface area (Å²) in [5.74, 6) is -1.65. The van der Waals surface area contributed by atoms with Crippen LogP contribution in [0.5, 0.6) is 0 Å². The van der Waals surface area contributed by atoms with Crippen LogP contribution in [0.3, 0.4) is 0 Å². The Kier molecular flexibility index (Phi) is 13.9. The third-order valence-electron chi connectivity index (χ3n) is 6.53. The number of thiazole rings is 1. The quantitative estimate of drug-likeness (QED) is 0.0707. The van der Waals surface area contributed by atoms with Crippen molar-refractivity contribution in [1.82, 2.24) is 20.7 Å². The molecule has 2 aromatic heterocycles. The van der Waals surface area contributed by atoms with Gasteiger partial charge in [0.25, 0.3) is 0 Å². The van der Waals surface area contributed by atoms with E-state index in [9.17, 15) is 24.4 Å². The molecular formula is C29H37N5O6S2. The molecule has 0 saturated carbocycles. The molecule has 0 saturated heterocycles. The van der Waals surface area contributed by atoms with Gasteiger partial charge in [-0.05, 0) is 49.1 Å². The van der Waals surface area contributed by atoms with Gasteiger partial charge in [0.2, 0.25) is 18.2 Å². The number of ether oxygens (including phenoxy) is 1. The summed E-state index contributed by atoms with van der Waals surface area (Å²) in [5, 5.41) is 23.2. The molecule has 42 heavy (non-hydrogen) atoms. The molecule has 226 valence electrons. The summed E-state index contributed by atoms with van der Waals surface area (Å²) >= 11 is 2.73. The minimum atomic E-state index is -0.900. The maximum atomic E-state index is 13.7. The van der Waals surface area contributed by atoms with Crippen LogP contribution in [0, 0.1) is 5.92 Å². The summed E-state index contributed by atoms with van der Waals surface area (Å²) in [4.78, 5) is 55.4. The van der Waals surface area contributed by atoms with Crippen LogP contribution in [0.2, 0.25) is 0 Å². The number of hydroxylamine groups is 2. The van der Waals surface area contributed by atoms with Gasteiger partial charge in [-0.3, -0.25) is 19.6 Å². The molecule has 0 aliphatic carbocycles. The van der Waals surface area contributed by atoms with Crippen LogP contribution in [0.4, 0.5) is 9.93 Å². The lowest BCUT2D eigenvalue weighted by molar-refractivity contribution is -0.168. The Bertz CT molecular complexity index is 1230. The summed E-state index contributed by atoms with van der Waals surface area (Å²) < 4.78 is 5.22. The van der Waals surface area contributed by atoms with E-state index in [4.69, 9.17) is 4.74 Å². The predicted molar refractivity (Wildman–Crippen MR) is 161 cm³/mol. The fraction of sp³-hybridized carbons (Fsp3) is 0.414. The third-order valence-corrected chi connectivity index (χ3v) is 8.12. The molecule has 4 N–H and O–H groups in total. The van der Waals surface area contributed by atoms with Crippen molar-refractivity contribution in [2.45, 2.75) is 64.1 Å². The van der Waals surface area contributed by atoms with Crippen molar-refractivity contribution in [3.8, 4) is 0 Å². The van der Waals surface area contributed by atoms with Gasteiger partial charge in [0, 0.05) is 23.0 Å². The molecule has 4 amide bonds. The highest BCUT2D eigenvalue weighted by molar-refractivity contribution is 7.13. The largest absolute Gasteiger partial charge is 0.445 e. The molecule has 0 fully saturated rings. The standard InChI is InChI=1S/C29H37N5O6S2/c1-2-9-25(34(39)20-35)23(18-22-12-8-16-41-22)26(36)32-24(27(37)33-28-30-15-17-42-28)13-6-7-14-31-29(38)40-19-21-10-4-3-5-11-21/h3-5,8,10-12,15-17,20,23-25,39H,2,6-7,9,13-14,18-19H2,1H3,(H,31,38)(H,32,36)(H,30,33,37)/t23-,24+,25+/m1/s1. The van der Waals surface area contributed by atoms with Gasteiger partial charge in [0.15, 0.2) is 5.13 Å². The number of thiophene rings is 1. The van der Waals surface area contributed by atoms with E-state index in [1.165, 1.54) is 22.7 Å². The number of amides is 4.